The fourth-order valence-electron chi connectivity index (χ4n) is 4.54. The minimum absolute atomic E-state index is 0.0203. The molecule has 0 spiro atoms. The average molecular weight is 450 g/mol. The maximum absolute atomic E-state index is 12.9. The summed E-state index contributed by atoms with van der Waals surface area (Å²) in [6.07, 6.45) is 4.50. The fourth-order valence-corrected chi connectivity index (χ4v) is 5.97. The number of anilines is 1. The molecule has 1 heterocycles. The molecule has 1 fully saturated rings. The number of amides is 1. The van der Waals surface area contributed by atoms with Crippen molar-refractivity contribution in [2.24, 2.45) is 10.4 Å². The molecule has 1 aliphatic carbocycles. The molecule has 0 radical (unpaired) electrons. The number of aliphatic imine (C=N–C) groups is 1. The van der Waals surface area contributed by atoms with Gasteiger partial charge < -0.3 is 15.5 Å². The van der Waals surface area contributed by atoms with Crippen molar-refractivity contribution in [2.45, 2.75) is 39.0 Å². The van der Waals surface area contributed by atoms with E-state index in [9.17, 15) is 13.2 Å². The Morgan fingerprint density at radius 3 is 2.58 bits per heavy atom. The lowest BCUT2D eigenvalue weighted by molar-refractivity contribution is -0.138. The van der Waals surface area contributed by atoms with Crippen LogP contribution in [0.15, 0.2) is 29.3 Å². The summed E-state index contributed by atoms with van der Waals surface area (Å²) >= 11 is 0. The number of fused-ring (bicyclic) bond motifs is 1. The molecule has 1 amide bonds. The van der Waals surface area contributed by atoms with Crippen LogP contribution in [-0.2, 0) is 21.2 Å². The van der Waals surface area contributed by atoms with Gasteiger partial charge in [-0.1, -0.05) is 31.0 Å². The van der Waals surface area contributed by atoms with E-state index in [2.05, 4.69) is 15.6 Å². The summed E-state index contributed by atoms with van der Waals surface area (Å²) in [5, 5.41) is 6.31. The number of carbonyl (C=O) groups excluding carboxylic acids is 1. The molecule has 8 nitrogen and oxygen atoms in total. The highest BCUT2D eigenvalue weighted by Gasteiger charge is 2.42. The lowest BCUT2D eigenvalue weighted by Crippen LogP contribution is -2.44. The van der Waals surface area contributed by atoms with E-state index in [1.165, 1.54) is 4.31 Å². The molecule has 1 aromatic rings. The van der Waals surface area contributed by atoms with Crippen LogP contribution in [0.1, 0.15) is 38.2 Å². The van der Waals surface area contributed by atoms with Crippen LogP contribution in [0.4, 0.5) is 5.69 Å². The molecular weight excluding hydrogens is 414 g/mol. The summed E-state index contributed by atoms with van der Waals surface area (Å²) < 4.78 is 27.3. The normalized spacial score (nSPS) is 18.0. The number of nitrogens with one attached hydrogen (secondary N) is 2. The second kappa shape index (κ2) is 9.89. The van der Waals surface area contributed by atoms with Gasteiger partial charge in [-0.3, -0.25) is 14.1 Å². The monoisotopic (exact) mass is 449 g/mol. The van der Waals surface area contributed by atoms with Gasteiger partial charge in [0.15, 0.2) is 5.96 Å². The molecule has 1 aliphatic heterocycles. The van der Waals surface area contributed by atoms with Crippen LogP contribution >= 0.6 is 0 Å². The van der Waals surface area contributed by atoms with Crippen LogP contribution < -0.4 is 14.9 Å². The molecule has 1 saturated carbocycles. The van der Waals surface area contributed by atoms with E-state index < -0.39 is 15.4 Å². The number of para-hydroxylation sites is 1. The maximum Gasteiger partial charge on any atom is 0.236 e. The van der Waals surface area contributed by atoms with Crippen molar-refractivity contribution < 1.29 is 13.2 Å². The Morgan fingerprint density at radius 1 is 1.19 bits per heavy atom. The lowest BCUT2D eigenvalue weighted by atomic mass is 9.85. The first kappa shape index (κ1) is 23.4. The number of guanidine groups is 1. The standard InChI is InChI=1S/C22H35N5O3S/c1-4-23-21(25-17-22(12-7-8-13-22)20(28)26(2)3)24-14-16-31(29,30)27-15-11-18-9-5-6-10-19(18)27/h5-6,9-10H,4,7-8,11-17H2,1-3H3,(H2,23,24,25). The van der Waals surface area contributed by atoms with E-state index in [4.69, 9.17) is 0 Å². The van der Waals surface area contributed by atoms with Gasteiger partial charge >= 0.3 is 0 Å². The van der Waals surface area contributed by atoms with Crippen molar-refractivity contribution in [3.63, 3.8) is 0 Å². The second-order valence-corrected chi connectivity index (χ2v) is 10.6. The van der Waals surface area contributed by atoms with Gasteiger partial charge in [0.25, 0.3) is 0 Å². The van der Waals surface area contributed by atoms with Gasteiger partial charge in [0.05, 0.1) is 23.4 Å². The minimum Gasteiger partial charge on any atom is -0.357 e. The van der Waals surface area contributed by atoms with Crippen molar-refractivity contribution in [3.8, 4) is 0 Å². The smallest absolute Gasteiger partial charge is 0.236 e. The van der Waals surface area contributed by atoms with Gasteiger partial charge in [-0.2, -0.15) is 0 Å². The molecule has 0 unspecified atom stereocenters. The summed E-state index contributed by atoms with van der Waals surface area (Å²) in [7, 11) is 0.153. The van der Waals surface area contributed by atoms with Gasteiger partial charge in [-0.25, -0.2) is 8.42 Å². The summed E-state index contributed by atoms with van der Waals surface area (Å²) in [4.78, 5) is 19.1. The number of hydrogen-bond donors (Lipinski definition) is 2. The fraction of sp³-hybridized carbons (Fsp3) is 0.636. The molecule has 31 heavy (non-hydrogen) atoms. The first-order valence-electron chi connectivity index (χ1n) is 11.1. The Balaban J connectivity index is 1.62. The third kappa shape index (κ3) is 5.31. The Hall–Kier alpha value is -2.29. The Bertz CT molecular complexity index is 907. The van der Waals surface area contributed by atoms with Gasteiger partial charge in [0.1, 0.15) is 0 Å². The quantitative estimate of drug-likeness (QED) is 0.464. The van der Waals surface area contributed by atoms with E-state index in [0.717, 1.165) is 43.4 Å². The molecule has 0 saturated heterocycles. The number of carbonyl (C=O) groups is 1. The molecule has 0 bridgehead atoms. The van der Waals surface area contributed by atoms with E-state index in [1.807, 2.05) is 31.2 Å². The third-order valence-electron chi connectivity index (χ3n) is 6.14. The van der Waals surface area contributed by atoms with Crippen LogP contribution in [0.3, 0.4) is 0 Å². The third-order valence-corrected chi connectivity index (χ3v) is 7.91. The second-order valence-electron chi connectivity index (χ2n) is 8.58. The first-order valence-corrected chi connectivity index (χ1v) is 12.7. The van der Waals surface area contributed by atoms with Gasteiger partial charge in [-0.05, 0) is 37.8 Å². The summed E-state index contributed by atoms with van der Waals surface area (Å²) in [5.74, 6) is 0.658. The molecule has 3 rings (SSSR count). The first-order chi connectivity index (χ1) is 14.8. The highest BCUT2D eigenvalue weighted by Crippen LogP contribution is 2.39. The largest absolute Gasteiger partial charge is 0.357 e. The van der Waals surface area contributed by atoms with Gasteiger partial charge in [-0.15, -0.1) is 0 Å². The molecule has 172 valence electrons. The number of benzene rings is 1. The zero-order chi connectivity index (χ0) is 22.5. The Labute approximate surface area is 186 Å². The molecule has 9 heteroatoms. The average Bonchev–Trinajstić information content (AvgIpc) is 3.39. The molecule has 0 aromatic heterocycles. The van der Waals surface area contributed by atoms with Crippen molar-refractivity contribution in [2.75, 3.05) is 50.3 Å². The van der Waals surface area contributed by atoms with Gasteiger partial charge in [0.2, 0.25) is 15.9 Å². The van der Waals surface area contributed by atoms with E-state index in [-0.39, 0.29) is 18.2 Å². The minimum atomic E-state index is -3.42. The highest BCUT2D eigenvalue weighted by atomic mass is 32.2. The van der Waals surface area contributed by atoms with Crippen molar-refractivity contribution in [3.05, 3.63) is 29.8 Å². The molecular formula is C22H35N5O3S. The zero-order valence-corrected chi connectivity index (χ0v) is 19.7. The van der Waals surface area contributed by atoms with E-state index in [1.54, 1.807) is 19.0 Å². The summed E-state index contributed by atoms with van der Waals surface area (Å²) in [6, 6.07) is 7.65. The summed E-state index contributed by atoms with van der Waals surface area (Å²) in [6.45, 7) is 3.77. The number of nitrogens with zero attached hydrogens (tertiary/aromatic N) is 3. The maximum atomic E-state index is 12.9. The van der Waals surface area contributed by atoms with Crippen LogP contribution in [-0.4, -0.2) is 71.2 Å². The molecule has 0 atom stereocenters. The van der Waals surface area contributed by atoms with E-state index in [0.29, 0.717) is 25.6 Å². The van der Waals surface area contributed by atoms with Crippen LogP contribution in [0.25, 0.3) is 0 Å². The zero-order valence-electron chi connectivity index (χ0n) is 18.9. The number of hydrogen-bond acceptors (Lipinski definition) is 4. The molecule has 2 N–H and O–H groups in total. The van der Waals surface area contributed by atoms with Crippen molar-refractivity contribution in [1.82, 2.24) is 15.5 Å². The number of rotatable bonds is 8. The van der Waals surface area contributed by atoms with Gasteiger partial charge in [0, 0.05) is 33.7 Å². The van der Waals surface area contributed by atoms with E-state index >= 15 is 0 Å². The Morgan fingerprint density at radius 2 is 1.90 bits per heavy atom. The molecule has 2 aliphatic rings. The molecule has 1 aromatic carbocycles. The lowest BCUT2D eigenvalue weighted by Gasteiger charge is -2.29. The summed E-state index contributed by atoms with van der Waals surface area (Å²) in [5.41, 5.74) is 1.41. The topological polar surface area (TPSA) is 94.1 Å². The Kier molecular flexibility index (Phi) is 7.46. The SMILES string of the molecule is CCNC(=NCC1(C(=O)N(C)C)CCCC1)NCCS(=O)(=O)N1CCc2ccccc21. The predicted molar refractivity (Wildman–Crippen MR) is 125 cm³/mol. The van der Waals surface area contributed by atoms with Crippen LogP contribution in [0.2, 0.25) is 0 Å². The predicted octanol–water partition coefficient (Wildman–Crippen LogP) is 1.58. The van der Waals surface area contributed by atoms with Crippen molar-refractivity contribution in [1.29, 1.82) is 0 Å². The van der Waals surface area contributed by atoms with Crippen LogP contribution in [0, 0.1) is 5.41 Å². The van der Waals surface area contributed by atoms with Crippen molar-refractivity contribution >= 4 is 27.6 Å². The van der Waals surface area contributed by atoms with Crippen LogP contribution in [0.5, 0.6) is 0 Å². The number of sulfonamides is 1. The highest BCUT2D eigenvalue weighted by molar-refractivity contribution is 7.92.